The van der Waals surface area contributed by atoms with Crippen LogP contribution in [0.25, 0.3) is 0 Å². The lowest BCUT2D eigenvalue weighted by Crippen LogP contribution is -2.21. The predicted octanol–water partition coefficient (Wildman–Crippen LogP) is 2.21. The molecule has 7 nitrogen and oxygen atoms in total. The van der Waals surface area contributed by atoms with Crippen LogP contribution in [-0.4, -0.2) is 23.0 Å². The molecule has 2 aromatic carbocycles. The molecule has 0 aromatic heterocycles. The standard InChI is InChI=1S/C9H8O4.C8H11N3/c1-6(10)13-8-5-3-2-4-7(8)9(11)12;1-6-2-4-7(5-3-6)11-8(9)10/h2-5H,1H3,(H,11,12);2-5H,1H3,(H4,9,10,11). The Kier molecular flexibility index (Phi) is 6.97. The summed E-state index contributed by atoms with van der Waals surface area (Å²) in [4.78, 5) is 25.1. The lowest BCUT2D eigenvalue weighted by molar-refractivity contribution is -0.131. The molecule has 7 heteroatoms. The summed E-state index contributed by atoms with van der Waals surface area (Å²) in [5, 5.41) is 8.69. The van der Waals surface area contributed by atoms with Gasteiger partial charge in [0.05, 0.1) is 5.69 Å². The first-order valence-corrected chi connectivity index (χ1v) is 6.96. The van der Waals surface area contributed by atoms with Crippen LogP contribution >= 0.6 is 0 Å². The Bertz CT molecular complexity index is 736. The largest absolute Gasteiger partial charge is 0.478 e. The number of aliphatic imine (C=N–C) groups is 1. The van der Waals surface area contributed by atoms with Crippen LogP contribution in [0.1, 0.15) is 22.8 Å². The van der Waals surface area contributed by atoms with Crippen LogP contribution in [0.4, 0.5) is 5.69 Å². The van der Waals surface area contributed by atoms with Crippen LogP contribution in [0.3, 0.4) is 0 Å². The number of hydrogen-bond acceptors (Lipinski definition) is 4. The molecule has 24 heavy (non-hydrogen) atoms. The zero-order chi connectivity index (χ0) is 18.1. The molecule has 0 spiro atoms. The number of benzene rings is 2. The highest BCUT2D eigenvalue weighted by atomic mass is 16.5. The number of esters is 1. The van der Waals surface area contributed by atoms with Gasteiger partial charge in [-0.1, -0.05) is 29.8 Å². The first kappa shape index (κ1) is 18.7. The number of nitrogens with zero attached hydrogens (tertiary/aromatic N) is 1. The quantitative estimate of drug-likeness (QED) is 0.343. The van der Waals surface area contributed by atoms with Crippen molar-refractivity contribution in [2.45, 2.75) is 13.8 Å². The molecule has 0 heterocycles. The second kappa shape index (κ2) is 8.94. The third kappa shape index (κ3) is 6.61. The normalized spacial score (nSPS) is 9.25. The van der Waals surface area contributed by atoms with Crippen molar-refractivity contribution in [3.05, 3.63) is 59.7 Å². The van der Waals surface area contributed by atoms with E-state index in [1.807, 2.05) is 31.2 Å². The van der Waals surface area contributed by atoms with Crippen LogP contribution in [0.5, 0.6) is 5.75 Å². The molecule has 0 atom stereocenters. The molecule has 0 saturated heterocycles. The molecule has 2 rings (SSSR count). The molecule has 0 bridgehead atoms. The number of carbonyl (C=O) groups is 2. The minimum absolute atomic E-state index is 0.0160. The fourth-order valence-corrected chi connectivity index (χ4v) is 1.66. The first-order chi connectivity index (χ1) is 11.3. The molecule has 0 amide bonds. The monoisotopic (exact) mass is 329 g/mol. The van der Waals surface area contributed by atoms with E-state index in [1.54, 1.807) is 12.1 Å². The number of para-hydroxylation sites is 1. The Morgan fingerprint density at radius 2 is 1.62 bits per heavy atom. The number of aromatic carboxylic acids is 1. The predicted molar refractivity (Wildman–Crippen MR) is 91.4 cm³/mol. The molecule has 0 radical (unpaired) electrons. The molecule has 0 saturated carbocycles. The minimum Gasteiger partial charge on any atom is -0.478 e. The van der Waals surface area contributed by atoms with Crippen molar-refractivity contribution in [1.82, 2.24) is 0 Å². The third-order valence-corrected chi connectivity index (χ3v) is 2.66. The zero-order valence-electron chi connectivity index (χ0n) is 13.4. The fraction of sp³-hybridized carbons (Fsp3) is 0.118. The van der Waals surface area contributed by atoms with Gasteiger partial charge in [-0.15, -0.1) is 0 Å². The van der Waals surface area contributed by atoms with Crippen molar-refractivity contribution in [2.75, 3.05) is 0 Å². The molecule has 0 aliphatic heterocycles. The number of aryl methyl sites for hydroxylation is 1. The Labute approximate surface area is 139 Å². The average molecular weight is 329 g/mol. The SMILES string of the molecule is CC(=O)Oc1ccccc1C(=O)O.Cc1ccc(N=C(N)N)cc1. The summed E-state index contributed by atoms with van der Waals surface area (Å²) >= 11 is 0. The lowest BCUT2D eigenvalue weighted by atomic mass is 10.2. The van der Waals surface area contributed by atoms with E-state index in [0.717, 1.165) is 5.69 Å². The van der Waals surface area contributed by atoms with Crippen molar-refractivity contribution in [1.29, 1.82) is 0 Å². The van der Waals surface area contributed by atoms with Gasteiger partial charge >= 0.3 is 11.9 Å². The van der Waals surface area contributed by atoms with Gasteiger partial charge in [0.25, 0.3) is 0 Å². The van der Waals surface area contributed by atoms with Crippen LogP contribution in [-0.2, 0) is 4.79 Å². The zero-order valence-corrected chi connectivity index (χ0v) is 13.4. The molecule has 0 unspecified atom stereocenters. The van der Waals surface area contributed by atoms with Gasteiger partial charge in [0.2, 0.25) is 0 Å². The fourth-order valence-electron chi connectivity index (χ4n) is 1.66. The molecule has 5 N–H and O–H groups in total. The van der Waals surface area contributed by atoms with Crippen LogP contribution in [0.2, 0.25) is 0 Å². The Morgan fingerprint density at radius 3 is 2.12 bits per heavy atom. The number of guanidine groups is 1. The number of carboxylic acid groups (broad SMARTS) is 1. The van der Waals surface area contributed by atoms with E-state index >= 15 is 0 Å². The number of ether oxygens (including phenoxy) is 1. The number of carbonyl (C=O) groups excluding carboxylic acids is 1. The highest BCUT2D eigenvalue weighted by Crippen LogP contribution is 2.17. The van der Waals surface area contributed by atoms with Gasteiger partial charge < -0.3 is 21.3 Å². The van der Waals surface area contributed by atoms with Gasteiger partial charge in [-0.2, -0.15) is 0 Å². The van der Waals surface area contributed by atoms with Crippen molar-refractivity contribution in [2.24, 2.45) is 16.5 Å². The van der Waals surface area contributed by atoms with Gasteiger partial charge in [0.1, 0.15) is 11.3 Å². The summed E-state index contributed by atoms with van der Waals surface area (Å²) in [5.41, 5.74) is 12.3. The Balaban J connectivity index is 0.000000243. The van der Waals surface area contributed by atoms with Crippen LogP contribution in [0.15, 0.2) is 53.5 Å². The molecule has 126 valence electrons. The summed E-state index contributed by atoms with van der Waals surface area (Å²) < 4.78 is 4.69. The summed E-state index contributed by atoms with van der Waals surface area (Å²) in [6.45, 7) is 3.23. The molecular weight excluding hydrogens is 310 g/mol. The molecule has 2 aromatic rings. The van der Waals surface area contributed by atoms with Crippen molar-refractivity contribution < 1.29 is 19.4 Å². The maximum atomic E-state index is 10.6. The minimum atomic E-state index is -1.11. The Morgan fingerprint density at radius 1 is 1.04 bits per heavy atom. The second-order valence-electron chi connectivity index (χ2n) is 4.77. The molecular formula is C17H19N3O4. The van der Waals surface area contributed by atoms with E-state index in [0.29, 0.717) is 0 Å². The third-order valence-electron chi connectivity index (χ3n) is 2.66. The number of hydrogen-bond donors (Lipinski definition) is 3. The van der Waals surface area contributed by atoms with Gasteiger partial charge in [0.15, 0.2) is 5.96 Å². The highest BCUT2D eigenvalue weighted by molar-refractivity contribution is 5.91. The number of rotatable bonds is 3. The first-order valence-electron chi connectivity index (χ1n) is 6.96. The van der Waals surface area contributed by atoms with Gasteiger partial charge in [-0.25, -0.2) is 9.79 Å². The number of carboxylic acids is 1. The van der Waals surface area contributed by atoms with Gasteiger partial charge in [0, 0.05) is 6.92 Å². The van der Waals surface area contributed by atoms with E-state index in [4.69, 9.17) is 16.6 Å². The van der Waals surface area contributed by atoms with E-state index in [2.05, 4.69) is 9.73 Å². The maximum absolute atomic E-state index is 10.6. The van der Waals surface area contributed by atoms with Crippen molar-refractivity contribution in [3.63, 3.8) is 0 Å². The average Bonchev–Trinajstić information content (AvgIpc) is 2.49. The summed E-state index contributed by atoms with van der Waals surface area (Å²) in [5.74, 6) is -1.48. The van der Waals surface area contributed by atoms with E-state index in [-0.39, 0.29) is 17.3 Å². The van der Waals surface area contributed by atoms with Crippen molar-refractivity contribution in [3.8, 4) is 5.75 Å². The van der Waals surface area contributed by atoms with Gasteiger partial charge in [-0.3, -0.25) is 4.79 Å². The summed E-state index contributed by atoms with van der Waals surface area (Å²) in [6, 6.07) is 13.6. The summed E-state index contributed by atoms with van der Waals surface area (Å²) in [6.07, 6.45) is 0. The highest BCUT2D eigenvalue weighted by Gasteiger charge is 2.10. The van der Waals surface area contributed by atoms with E-state index in [9.17, 15) is 9.59 Å². The second-order valence-corrected chi connectivity index (χ2v) is 4.77. The maximum Gasteiger partial charge on any atom is 0.339 e. The topological polar surface area (TPSA) is 128 Å². The smallest absolute Gasteiger partial charge is 0.339 e. The van der Waals surface area contributed by atoms with Gasteiger partial charge in [-0.05, 0) is 31.2 Å². The molecule has 0 aliphatic rings. The van der Waals surface area contributed by atoms with E-state index in [1.165, 1.54) is 24.6 Å². The van der Waals surface area contributed by atoms with E-state index < -0.39 is 11.9 Å². The van der Waals surface area contributed by atoms with Crippen LogP contribution < -0.4 is 16.2 Å². The molecule has 0 aliphatic carbocycles. The summed E-state index contributed by atoms with van der Waals surface area (Å²) in [7, 11) is 0. The van der Waals surface area contributed by atoms with Crippen molar-refractivity contribution >= 4 is 23.6 Å². The Hall–Kier alpha value is -3.35. The number of nitrogens with two attached hydrogens (primary N) is 2. The molecule has 0 fully saturated rings. The van der Waals surface area contributed by atoms with Crippen LogP contribution in [0, 0.1) is 6.92 Å². The lowest BCUT2D eigenvalue weighted by Gasteiger charge is -2.03.